The molecule has 0 aromatic carbocycles. The van der Waals surface area contributed by atoms with Gasteiger partial charge in [-0.25, -0.2) is 0 Å². The zero-order chi connectivity index (χ0) is 31.8. The second-order valence-electron chi connectivity index (χ2n) is 12.3. The van der Waals surface area contributed by atoms with Crippen LogP contribution in [0.1, 0.15) is 148 Å². The monoisotopic (exact) mass is 634 g/mol. The average Bonchev–Trinajstić information content (AvgIpc) is 3.03. The van der Waals surface area contributed by atoms with Crippen LogP contribution in [-0.4, -0.2) is 67.7 Å². The Hall–Kier alpha value is -1.72. The van der Waals surface area contributed by atoms with E-state index >= 15 is 0 Å². The molecule has 0 radical (unpaired) electrons. The van der Waals surface area contributed by atoms with Gasteiger partial charge in [0.2, 0.25) is 0 Å². The highest BCUT2D eigenvalue weighted by molar-refractivity contribution is 7.87. The molecule has 1 aliphatic rings. The lowest BCUT2D eigenvalue weighted by Gasteiger charge is -2.29. The van der Waals surface area contributed by atoms with Crippen LogP contribution in [-0.2, 0) is 38.7 Å². The molecule has 2 N–H and O–H groups in total. The van der Waals surface area contributed by atoms with Gasteiger partial charge in [-0.05, 0) is 6.42 Å². The highest BCUT2D eigenvalue weighted by Gasteiger charge is 2.42. The molecule has 0 spiro atoms. The summed E-state index contributed by atoms with van der Waals surface area (Å²) in [6, 6.07) is 0. The minimum atomic E-state index is -4.89. The topological polar surface area (TPSA) is 154 Å². The number of esters is 3. The summed E-state index contributed by atoms with van der Waals surface area (Å²) >= 11 is 0. The Balaban J connectivity index is 2.05. The number of unbranched alkanes of at least 4 members (excludes halogenated alkanes) is 19. The lowest BCUT2D eigenvalue weighted by atomic mass is 9.92. The molecule has 252 valence electrons. The van der Waals surface area contributed by atoms with Crippen molar-refractivity contribution in [3.8, 4) is 0 Å². The van der Waals surface area contributed by atoms with E-state index < -0.39 is 64.9 Å². The van der Waals surface area contributed by atoms with Gasteiger partial charge in [-0.1, -0.05) is 129 Å². The lowest BCUT2D eigenvalue weighted by molar-refractivity contribution is -0.161. The summed E-state index contributed by atoms with van der Waals surface area (Å²) in [5.74, 6) is -2.88. The number of hydrogen-bond donors (Lipinski definition) is 2. The molecule has 1 fully saturated rings. The lowest BCUT2D eigenvalue weighted by Crippen LogP contribution is -2.42. The first kappa shape index (κ1) is 39.3. The Morgan fingerprint density at radius 2 is 1.19 bits per heavy atom. The van der Waals surface area contributed by atoms with Crippen molar-refractivity contribution in [2.75, 3.05) is 26.4 Å². The predicted octanol–water partition coefficient (Wildman–Crippen LogP) is 6.47. The van der Waals surface area contributed by atoms with E-state index in [0.717, 1.165) is 19.3 Å². The maximum atomic E-state index is 12.2. The highest BCUT2D eigenvalue weighted by Crippen LogP contribution is 2.23. The number of rotatable bonds is 25. The molecule has 0 saturated carbocycles. The molecule has 0 aromatic heterocycles. The summed E-state index contributed by atoms with van der Waals surface area (Å²) in [5.41, 5.74) is -1.43. The maximum Gasteiger partial charge on any atom is 0.327 e. The van der Waals surface area contributed by atoms with Gasteiger partial charge >= 0.3 is 17.9 Å². The first-order valence-corrected chi connectivity index (χ1v) is 18.2. The summed E-state index contributed by atoms with van der Waals surface area (Å²) in [6.45, 7) is 0.253. The Morgan fingerprint density at radius 3 is 1.60 bits per heavy atom. The van der Waals surface area contributed by atoms with Crippen molar-refractivity contribution >= 4 is 28.0 Å². The Kier molecular flexibility index (Phi) is 21.6. The number of aliphatic hydroxyl groups excluding tert-OH is 1. The molecule has 0 bridgehead atoms. The van der Waals surface area contributed by atoms with E-state index in [-0.39, 0.29) is 13.0 Å². The fourth-order valence-electron chi connectivity index (χ4n) is 5.16. The van der Waals surface area contributed by atoms with E-state index in [1.807, 2.05) is 0 Å². The van der Waals surface area contributed by atoms with Crippen LogP contribution < -0.4 is 0 Å². The fraction of sp³-hybridized carbons (Fsp3) is 0.906. The van der Waals surface area contributed by atoms with Gasteiger partial charge in [0.1, 0.15) is 19.8 Å². The van der Waals surface area contributed by atoms with Crippen LogP contribution >= 0.6 is 0 Å². The fourth-order valence-corrected chi connectivity index (χ4v) is 5.82. The van der Waals surface area contributed by atoms with Gasteiger partial charge in [-0.2, -0.15) is 8.42 Å². The van der Waals surface area contributed by atoms with Gasteiger partial charge in [0.15, 0.2) is 5.25 Å². The van der Waals surface area contributed by atoms with Gasteiger partial charge in [0, 0.05) is 6.42 Å². The predicted molar refractivity (Wildman–Crippen MR) is 165 cm³/mol. The van der Waals surface area contributed by atoms with Crippen LogP contribution in [0.2, 0.25) is 0 Å². The molecule has 43 heavy (non-hydrogen) atoms. The largest absolute Gasteiger partial charge is 0.465 e. The van der Waals surface area contributed by atoms with Crippen molar-refractivity contribution in [2.24, 2.45) is 5.41 Å². The molecular formula is C32H58O10S. The first-order chi connectivity index (χ1) is 20.6. The van der Waals surface area contributed by atoms with E-state index in [1.54, 1.807) is 0 Å². The molecule has 1 rings (SSSR count). The second-order valence-corrected chi connectivity index (χ2v) is 13.9. The number of aliphatic hydroxyl groups is 1. The van der Waals surface area contributed by atoms with Crippen molar-refractivity contribution in [1.29, 1.82) is 0 Å². The number of carbonyl (C=O) groups is 3. The molecule has 1 heterocycles. The average molecular weight is 635 g/mol. The van der Waals surface area contributed by atoms with Crippen molar-refractivity contribution in [3.05, 3.63) is 0 Å². The molecule has 0 aromatic rings. The second kappa shape index (κ2) is 23.6. The van der Waals surface area contributed by atoms with Crippen molar-refractivity contribution in [2.45, 2.75) is 153 Å². The molecule has 2 atom stereocenters. The van der Waals surface area contributed by atoms with E-state index in [4.69, 9.17) is 14.2 Å². The molecule has 1 saturated heterocycles. The van der Waals surface area contributed by atoms with Crippen LogP contribution in [0.5, 0.6) is 0 Å². The summed E-state index contributed by atoms with van der Waals surface area (Å²) in [4.78, 5) is 36.3. The van der Waals surface area contributed by atoms with Crippen molar-refractivity contribution in [1.82, 2.24) is 0 Å². The highest BCUT2D eigenvalue weighted by atomic mass is 32.2. The Bertz CT molecular complexity index is 875. The third kappa shape index (κ3) is 19.3. The van der Waals surface area contributed by atoms with E-state index in [2.05, 4.69) is 6.92 Å². The maximum absolute atomic E-state index is 12.2. The van der Waals surface area contributed by atoms with Crippen LogP contribution in [0.25, 0.3) is 0 Å². The van der Waals surface area contributed by atoms with Crippen LogP contribution in [0, 0.1) is 5.41 Å². The third-order valence-electron chi connectivity index (χ3n) is 8.14. The molecule has 11 heteroatoms. The van der Waals surface area contributed by atoms with Crippen molar-refractivity contribution < 1.29 is 46.7 Å². The van der Waals surface area contributed by atoms with Gasteiger partial charge < -0.3 is 19.3 Å². The minimum absolute atomic E-state index is 0.199. The SMILES string of the molecule is CCCCCCCCCCCCCCCCCCCCCCC(=O)OCC1(CO)COC(=O)CC(S(=O)(=O)O)C(=O)OC1. The summed E-state index contributed by atoms with van der Waals surface area (Å²) < 4.78 is 47.2. The van der Waals surface area contributed by atoms with Crippen LogP contribution in [0.15, 0.2) is 0 Å². The summed E-state index contributed by atoms with van der Waals surface area (Å²) in [6.07, 6.45) is 24.7. The normalized spacial score (nSPS) is 19.7. The van der Waals surface area contributed by atoms with Crippen LogP contribution in [0.3, 0.4) is 0 Å². The van der Waals surface area contributed by atoms with Crippen molar-refractivity contribution in [3.63, 3.8) is 0 Å². The molecular weight excluding hydrogens is 576 g/mol. The first-order valence-electron chi connectivity index (χ1n) is 16.7. The number of hydrogen-bond acceptors (Lipinski definition) is 9. The smallest absolute Gasteiger partial charge is 0.327 e. The number of carbonyl (C=O) groups excluding carboxylic acids is 3. The van der Waals surface area contributed by atoms with E-state index in [9.17, 15) is 32.5 Å². The third-order valence-corrected chi connectivity index (χ3v) is 9.22. The van der Waals surface area contributed by atoms with Gasteiger partial charge in [-0.3, -0.25) is 18.9 Å². The zero-order valence-electron chi connectivity index (χ0n) is 26.5. The van der Waals surface area contributed by atoms with E-state index in [0.29, 0.717) is 6.42 Å². The molecule has 1 aliphatic heterocycles. The van der Waals surface area contributed by atoms with Gasteiger partial charge in [0.05, 0.1) is 18.4 Å². The standard InChI is InChI=1S/C32H58O10S/c1-2-3-4-5-6-7-8-9-10-11-12-13-14-15-16-17-18-19-20-21-22-29(34)40-25-32(24-33)26-41-30(35)23-28(43(37,38)39)31(36)42-27-32/h28,33H,2-27H2,1H3,(H,37,38,39). The summed E-state index contributed by atoms with van der Waals surface area (Å²) in [5, 5.41) is 7.76. The molecule has 10 nitrogen and oxygen atoms in total. The summed E-state index contributed by atoms with van der Waals surface area (Å²) in [7, 11) is -4.89. The quantitative estimate of drug-likeness (QED) is 0.0494. The van der Waals surface area contributed by atoms with Gasteiger partial charge in [0.25, 0.3) is 10.1 Å². The van der Waals surface area contributed by atoms with E-state index in [1.165, 1.54) is 103 Å². The van der Waals surface area contributed by atoms with Gasteiger partial charge in [-0.15, -0.1) is 0 Å². The molecule has 2 unspecified atom stereocenters. The Labute approximate surface area is 259 Å². The zero-order valence-corrected chi connectivity index (χ0v) is 27.3. The van der Waals surface area contributed by atoms with Crippen LogP contribution in [0.4, 0.5) is 0 Å². The molecule has 0 aliphatic carbocycles. The minimum Gasteiger partial charge on any atom is -0.465 e. The number of ether oxygens (including phenoxy) is 3. The molecule has 0 amide bonds. The number of cyclic esters (lactones) is 2. The Morgan fingerprint density at radius 1 is 0.767 bits per heavy atom.